The first-order valence-corrected chi connectivity index (χ1v) is 7.60. The van der Waals surface area contributed by atoms with E-state index in [9.17, 15) is 0 Å². The molecule has 1 aromatic rings. The van der Waals surface area contributed by atoms with E-state index in [1.165, 1.54) is 50.1 Å². The maximum atomic E-state index is 5.56. The Hall–Kier alpha value is -1.22. The fourth-order valence-electron chi connectivity index (χ4n) is 3.13. The number of likely N-dealkylation sites (tertiary alicyclic amines) is 1. The van der Waals surface area contributed by atoms with E-state index in [2.05, 4.69) is 35.3 Å². The van der Waals surface area contributed by atoms with Crippen molar-refractivity contribution in [3.63, 3.8) is 0 Å². The molecule has 1 unspecified atom stereocenters. The SMILES string of the molecule is CCN1CCCC(Nc2ccc3c(c2)CCO3)CC1. The second kappa shape index (κ2) is 5.83. The van der Waals surface area contributed by atoms with E-state index in [0.717, 1.165) is 18.8 Å². The number of rotatable bonds is 3. The molecule has 3 heteroatoms. The van der Waals surface area contributed by atoms with Gasteiger partial charge in [-0.15, -0.1) is 0 Å². The van der Waals surface area contributed by atoms with Crippen LogP contribution < -0.4 is 10.1 Å². The molecule has 0 saturated carbocycles. The smallest absolute Gasteiger partial charge is 0.122 e. The van der Waals surface area contributed by atoms with Gasteiger partial charge in [0, 0.05) is 24.7 Å². The molecule has 0 bridgehead atoms. The summed E-state index contributed by atoms with van der Waals surface area (Å²) in [5.41, 5.74) is 2.62. The van der Waals surface area contributed by atoms with Gasteiger partial charge in [-0.3, -0.25) is 0 Å². The average molecular weight is 260 g/mol. The highest BCUT2D eigenvalue weighted by Crippen LogP contribution is 2.28. The molecule has 2 aliphatic rings. The van der Waals surface area contributed by atoms with Crippen molar-refractivity contribution in [1.82, 2.24) is 4.90 Å². The van der Waals surface area contributed by atoms with Gasteiger partial charge in [-0.05, 0) is 56.1 Å². The molecule has 0 radical (unpaired) electrons. The predicted octanol–water partition coefficient (Wildman–Crippen LogP) is 2.91. The Morgan fingerprint density at radius 3 is 3.16 bits per heavy atom. The van der Waals surface area contributed by atoms with Gasteiger partial charge in [-0.2, -0.15) is 0 Å². The Morgan fingerprint density at radius 1 is 1.32 bits per heavy atom. The summed E-state index contributed by atoms with van der Waals surface area (Å²) in [5.74, 6) is 1.07. The highest BCUT2D eigenvalue weighted by Gasteiger charge is 2.17. The van der Waals surface area contributed by atoms with Crippen LogP contribution in [0.3, 0.4) is 0 Å². The molecule has 0 spiro atoms. The lowest BCUT2D eigenvalue weighted by Crippen LogP contribution is -2.26. The molecule has 3 nitrogen and oxygen atoms in total. The molecular formula is C16H24N2O. The van der Waals surface area contributed by atoms with Gasteiger partial charge >= 0.3 is 0 Å². The number of anilines is 1. The number of fused-ring (bicyclic) bond motifs is 1. The second-order valence-corrected chi connectivity index (χ2v) is 5.63. The van der Waals surface area contributed by atoms with E-state index in [-0.39, 0.29) is 0 Å². The van der Waals surface area contributed by atoms with Crippen LogP contribution in [0.15, 0.2) is 18.2 Å². The molecule has 0 amide bonds. The summed E-state index contributed by atoms with van der Waals surface area (Å²) in [6.07, 6.45) is 4.89. The quantitative estimate of drug-likeness (QED) is 0.904. The lowest BCUT2D eigenvalue weighted by Gasteiger charge is -2.19. The molecule has 104 valence electrons. The fourth-order valence-corrected chi connectivity index (χ4v) is 3.13. The van der Waals surface area contributed by atoms with Gasteiger partial charge in [0.2, 0.25) is 0 Å². The molecule has 1 aromatic carbocycles. The third-order valence-electron chi connectivity index (χ3n) is 4.33. The van der Waals surface area contributed by atoms with E-state index in [1.807, 2.05) is 0 Å². The Labute approximate surface area is 115 Å². The normalized spacial score (nSPS) is 23.5. The zero-order chi connectivity index (χ0) is 13.1. The summed E-state index contributed by atoms with van der Waals surface area (Å²) in [5, 5.41) is 3.71. The van der Waals surface area contributed by atoms with Crippen molar-refractivity contribution >= 4 is 5.69 Å². The van der Waals surface area contributed by atoms with Crippen molar-refractivity contribution in [3.8, 4) is 5.75 Å². The Kier molecular flexibility index (Phi) is 3.92. The molecule has 2 heterocycles. The fraction of sp³-hybridized carbons (Fsp3) is 0.625. The van der Waals surface area contributed by atoms with Crippen molar-refractivity contribution in [2.75, 3.05) is 31.6 Å². The summed E-state index contributed by atoms with van der Waals surface area (Å²) in [6, 6.07) is 7.16. The van der Waals surface area contributed by atoms with E-state index in [0.29, 0.717) is 6.04 Å². The van der Waals surface area contributed by atoms with Crippen molar-refractivity contribution in [2.45, 2.75) is 38.6 Å². The van der Waals surface area contributed by atoms with Crippen molar-refractivity contribution in [1.29, 1.82) is 0 Å². The molecule has 0 aromatic heterocycles. The average Bonchev–Trinajstić information content (AvgIpc) is 2.77. The Morgan fingerprint density at radius 2 is 2.26 bits per heavy atom. The van der Waals surface area contributed by atoms with E-state index < -0.39 is 0 Å². The zero-order valence-electron chi connectivity index (χ0n) is 11.8. The maximum Gasteiger partial charge on any atom is 0.122 e. The maximum absolute atomic E-state index is 5.56. The third kappa shape index (κ3) is 3.03. The zero-order valence-corrected chi connectivity index (χ0v) is 11.8. The lowest BCUT2D eigenvalue weighted by molar-refractivity contribution is 0.300. The Bertz CT molecular complexity index is 433. The molecule has 1 saturated heterocycles. The molecule has 2 aliphatic heterocycles. The highest BCUT2D eigenvalue weighted by atomic mass is 16.5. The van der Waals surface area contributed by atoms with Crippen LogP contribution >= 0.6 is 0 Å². The second-order valence-electron chi connectivity index (χ2n) is 5.63. The monoisotopic (exact) mass is 260 g/mol. The van der Waals surface area contributed by atoms with Crippen LogP contribution in [-0.4, -0.2) is 37.2 Å². The summed E-state index contributed by atoms with van der Waals surface area (Å²) in [4.78, 5) is 2.55. The third-order valence-corrected chi connectivity index (χ3v) is 4.33. The Balaban J connectivity index is 1.61. The van der Waals surface area contributed by atoms with Crippen LogP contribution in [0.25, 0.3) is 0 Å². The van der Waals surface area contributed by atoms with Crippen molar-refractivity contribution < 1.29 is 4.74 Å². The van der Waals surface area contributed by atoms with Crippen LogP contribution in [0.2, 0.25) is 0 Å². The van der Waals surface area contributed by atoms with Gasteiger partial charge in [-0.25, -0.2) is 0 Å². The molecule has 19 heavy (non-hydrogen) atoms. The van der Waals surface area contributed by atoms with Crippen LogP contribution in [0.4, 0.5) is 5.69 Å². The topological polar surface area (TPSA) is 24.5 Å². The first-order chi connectivity index (χ1) is 9.35. The summed E-state index contributed by atoms with van der Waals surface area (Å²) in [6.45, 7) is 6.76. The standard InChI is InChI=1S/C16H24N2O/c1-2-18-9-3-4-14(7-10-18)17-15-5-6-16-13(12-15)8-11-19-16/h5-6,12,14,17H,2-4,7-11H2,1H3. The number of benzene rings is 1. The number of ether oxygens (including phenoxy) is 1. The number of nitrogens with one attached hydrogen (secondary N) is 1. The van der Waals surface area contributed by atoms with Crippen LogP contribution in [0, 0.1) is 0 Å². The van der Waals surface area contributed by atoms with Crippen LogP contribution in [0.5, 0.6) is 5.75 Å². The van der Waals surface area contributed by atoms with Crippen molar-refractivity contribution in [3.05, 3.63) is 23.8 Å². The van der Waals surface area contributed by atoms with Gasteiger partial charge in [0.15, 0.2) is 0 Å². The van der Waals surface area contributed by atoms with Gasteiger partial charge in [-0.1, -0.05) is 6.92 Å². The first-order valence-electron chi connectivity index (χ1n) is 7.60. The van der Waals surface area contributed by atoms with E-state index >= 15 is 0 Å². The molecule has 1 N–H and O–H groups in total. The van der Waals surface area contributed by atoms with Crippen LogP contribution in [-0.2, 0) is 6.42 Å². The highest BCUT2D eigenvalue weighted by molar-refractivity contribution is 5.52. The lowest BCUT2D eigenvalue weighted by atomic mass is 10.1. The minimum atomic E-state index is 0.622. The predicted molar refractivity (Wildman–Crippen MR) is 79.0 cm³/mol. The molecule has 0 aliphatic carbocycles. The van der Waals surface area contributed by atoms with Gasteiger partial charge in [0.25, 0.3) is 0 Å². The first kappa shape index (κ1) is 12.8. The van der Waals surface area contributed by atoms with E-state index in [1.54, 1.807) is 0 Å². The minimum Gasteiger partial charge on any atom is -0.493 e. The van der Waals surface area contributed by atoms with E-state index in [4.69, 9.17) is 4.74 Å². The molecule has 1 fully saturated rings. The van der Waals surface area contributed by atoms with Gasteiger partial charge in [0.05, 0.1) is 6.61 Å². The number of nitrogens with zero attached hydrogens (tertiary/aromatic N) is 1. The molecular weight excluding hydrogens is 236 g/mol. The molecule has 3 rings (SSSR count). The molecule has 1 atom stereocenters. The number of hydrogen-bond donors (Lipinski definition) is 1. The largest absolute Gasteiger partial charge is 0.493 e. The van der Waals surface area contributed by atoms with Gasteiger partial charge in [0.1, 0.15) is 5.75 Å². The minimum absolute atomic E-state index is 0.622. The van der Waals surface area contributed by atoms with Crippen LogP contribution in [0.1, 0.15) is 31.7 Å². The number of hydrogen-bond acceptors (Lipinski definition) is 3. The summed E-state index contributed by atoms with van der Waals surface area (Å²) in [7, 11) is 0. The summed E-state index contributed by atoms with van der Waals surface area (Å²) >= 11 is 0. The summed E-state index contributed by atoms with van der Waals surface area (Å²) < 4.78 is 5.56. The van der Waals surface area contributed by atoms with Gasteiger partial charge < -0.3 is 15.0 Å². The van der Waals surface area contributed by atoms with Crippen molar-refractivity contribution in [2.24, 2.45) is 0 Å².